The summed E-state index contributed by atoms with van der Waals surface area (Å²) in [5.41, 5.74) is 1.23. The SMILES string of the molecule is C[C@H](C(=O)NCCc1ccc(Cl)cc1)N(c1ccc(F)cc1)S(C)(=O)=O. The van der Waals surface area contributed by atoms with Crippen LogP contribution in [-0.4, -0.2) is 33.2 Å². The Morgan fingerprint density at radius 3 is 2.27 bits per heavy atom. The summed E-state index contributed by atoms with van der Waals surface area (Å²) in [6.07, 6.45) is 1.60. The average molecular weight is 399 g/mol. The third-order valence-corrected chi connectivity index (χ3v) is 5.29. The van der Waals surface area contributed by atoms with Gasteiger partial charge in [0.2, 0.25) is 15.9 Å². The molecule has 2 rings (SSSR count). The standard InChI is InChI=1S/C18H20ClFN2O3S/c1-13(18(23)21-12-11-14-3-5-15(19)6-4-14)22(26(2,24)25)17-9-7-16(20)8-10-17/h3-10,13H,11-12H2,1-2H3,(H,21,23)/t13-/m1/s1. The van der Waals surface area contributed by atoms with Crippen molar-refractivity contribution in [2.75, 3.05) is 17.1 Å². The number of rotatable bonds is 7. The van der Waals surface area contributed by atoms with Gasteiger partial charge in [-0.2, -0.15) is 0 Å². The van der Waals surface area contributed by atoms with Crippen molar-refractivity contribution in [1.29, 1.82) is 0 Å². The Morgan fingerprint density at radius 2 is 1.73 bits per heavy atom. The molecule has 8 heteroatoms. The number of carbonyl (C=O) groups is 1. The number of nitrogens with zero attached hydrogens (tertiary/aromatic N) is 1. The first-order valence-electron chi connectivity index (χ1n) is 7.95. The van der Waals surface area contributed by atoms with E-state index in [1.165, 1.54) is 19.1 Å². The minimum absolute atomic E-state index is 0.231. The molecule has 0 saturated carbocycles. The van der Waals surface area contributed by atoms with Crippen LogP contribution in [0.4, 0.5) is 10.1 Å². The molecule has 140 valence electrons. The zero-order valence-corrected chi connectivity index (χ0v) is 16.0. The summed E-state index contributed by atoms with van der Waals surface area (Å²) >= 11 is 5.83. The first-order valence-corrected chi connectivity index (χ1v) is 10.2. The zero-order chi connectivity index (χ0) is 19.3. The van der Waals surface area contributed by atoms with Gasteiger partial charge in [-0.05, 0) is 55.3 Å². The smallest absolute Gasteiger partial charge is 0.243 e. The van der Waals surface area contributed by atoms with Gasteiger partial charge in [-0.25, -0.2) is 12.8 Å². The fourth-order valence-corrected chi connectivity index (χ4v) is 3.83. The number of hydrogen-bond donors (Lipinski definition) is 1. The van der Waals surface area contributed by atoms with Crippen LogP contribution in [0.3, 0.4) is 0 Å². The van der Waals surface area contributed by atoms with Crippen LogP contribution in [0.5, 0.6) is 0 Å². The van der Waals surface area contributed by atoms with E-state index >= 15 is 0 Å². The van der Waals surface area contributed by atoms with Crippen LogP contribution in [0.2, 0.25) is 5.02 Å². The van der Waals surface area contributed by atoms with Gasteiger partial charge < -0.3 is 5.32 Å². The van der Waals surface area contributed by atoms with Crippen molar-refractivity contribution in [2.45, 2.75) is 19.4 Å². The Bertz CT molecular complexity index is 855. The maximum absolute atomic E-state index is 13.1. The highest BCUT2D eigenvalue weighted by atomic mass is 35.5. The van der Waals surface area contributed by atoms with Crippen LogP contribution in [0.25, 0.3) is 0 Å². The molecule has 0 radical (unpaired) electrons. The fraction of sp³-hybridized carbons (Fsp3) is 0.278. The van der Waals surface area contributed by atoms with Crippen molar-refractivity contribution in [2.24, 2.45) is 0 Å². The van der Waals surface area contributed by atoms with Gasteiger partial charge in [-0.3, -0.25) is 9.10 Å². The molecule has 0 aromatic heterocycles. The Kier molecular flexibility index (Phi) is 6.61. The molecule has 0 heterocycles. The van der Waals surface area contributed by atoms with Crippen LogP contribution in [0, 0.1) is 5.82 Å². The first-order chi connectivity index (χ1) is 12.2. The second kappa shape index (κ2) is 8.51. The predicted molar refractivity (Wildman–Crippen MR) is 101 cm³/mol. The largest absolute Gasteiger partial charge is 0.354 e. The molecule has 5 nitrogen and oxygen atoms in total. The molecule has 0 spiro atoms. The van der Waals surface area contributed by atoms with Gasteiger partial charge >= 0.3 is 0 Å². The summed E-state index contributed by atoms with van der Waals surface area (Å²) in [6, 6.07) is 11.2. The molecular formula is C18H20ClFN2O3S. The summed E-state index contributed by atoms with van der Waals surface area (Å²) in [5, 5.41) is 3.36. The maximum atomic E-state index is 13.1. The summed E-state index contributed by atoms with van der Waals surface area (Å²) in [7, 11) is -3.72. The van der Waals surface area contributed by atoms with Crippen molar-refractivity contribution in [3.05, 3.63) is 64.9 Å². The summed E-state index contributed by atoms with van der Waals surface area (Å²) in [5.74, 6) is -0.920. The number of nitrogens with one attached hydrogen (secondary N) is 1. The van der Waals surface area contributed by atoms with Gasteiger partial charge in [0, 0.05) is 11.6 Å². The third kappa shape index (κ3) is 5.44. The molecule has 0 fully saturated rings. The van der Waals surface area contributed by atoms with E-state index in [4.69, 9.17) is 11.6 Å². The van der Waals surface area contributed by atoms with Crippen molar-refractivity contribution in [1.82, 2.24) is 5.32 Å². The maximum Gasteiger partial charge on any atom is 0.243 e. The van der Waals surface area contributed by atoms with E-state index < -0.39 is 27.8 Å². The van der Waals surface area contributed by atoms with E-state index in [9.17, 15) is 17.6 Å². The Morgan fingerprint density at radius 1 is 1.15 bits per heavy atom. The molecule has 26 heavy (non-hydrogen) atoms. The highest BCUT2D eigenvalue weighted by Gasteiger charge is 2.28. The quantitative estimate of drug-likeness (QED) is 0.779. The van der Waals surface area contributed by atoms with Crippen LogP contribution in [-0.2, 0) is 21.2 Å². The van der Waals surface area contributed by atoms with Crippen molar-refractivity contribution in [3.8, 4) is 0 Å². The van der Waals surface area contributed by atoms with Gasteiger partial charge in [0.1, 0.15) is 11.9 Å². The molecule has 1 N–H and O–H groups in total. The second-order valence-electron chi connectivity index (χ2n) is 5.88. The van der Waals surface area contributed by atoms with Crippen LogP contribution < -0.4 is 9.62 Å². The molecular weight excluding hydrogens is 379 g/mol. The predicted octanol–water partition coefficient (Wildman–Crippen LogP) is 2.99. The molecule has 0 saturated heterocycles. The summed E-state index contributed by atoms with van der Waals surface area (Å²) in [6.45, 7) is 1.84. The van der Waals surface area contributed by atoms with Gasteiger partial charge in [0.05, 0.1) is 11.9 Å². The molecule has 0 bridgehead atoms. The summed E-state index contributed by atoms with van der Waals surface area (Å²) in [4.78, 5) is 12.4. The minimum Gasteiger partial charge on any atom is -0.354 e. The highest BCUT2D eigenvalue weighted by molar-refractivity contribution is 7.92. The molecule has 0 aliphatic heterocycles. The number of benzene rings is 2. The molecule has 1 amide bonds. The van der Waals surface area contributed by atoms with Crippen molar-refractivity contribution in [3.63, 3.8) is 0 Å². The van der Waals surface area contributed by atoms with Crippen LogP contribution in [0.1, 0.15) is 12.5 Å². The normalized spacial score (nSPS) is 12.5. The Balaban J connectivity index is 2.05. The molecule has 0 aliphatic rings. The molecule has 0 unspecified atom stereocenters. The van der Waals surface area contributed by atoms with Gasteiger partial charge in [0.25, 0.3) is 0 Å². The lowest BCUT2D eigenvalue weighted by Crippen LogP contribution is -2.48. The number of halogens is 2. The lowest BCUT2D eigenvalue weighted by Gasteiger charge is -2.28. The number of amides is 1. The van der Waals surface area contributed by atoms with E-state index in [2.05, 4.69) is 5.32 Å². The molecule has 2 aromatic rings. The Labute approximate surface area is 157 Å². The van der Waals surface area contributed by atoms with Crippen molar-refractivity contribution < 1.29 is 17.6 Å². The average Bonchev–Trinajstić information content (AvgIpc) is 2.57. The van der Waals surface area contributed by atoms with Crippen LogP contribution in [0.15, 0.2) is 48.5 Å². The topological polar surface area (TPSA) is 66.5 Å². The third-order valence-electron chi connectivity index (χ3n) is 3.80. The number of anilines is 1. The number of sulfonamides is 1. The fourth-order valence-electron chi connectivity index (χ4n) is 2.53. The first kappa shape index (κ1) is 20.2. The number of hydrogen-bond acceptors (Lipinski definition) is 3. The minimum atomic E-state index is -3.72. The second-order valence-corrected chi connectivity index (χ2v) is 8.17. The lowest BCUT2D eigenvalue weighted by molar-refractivity contribution is -0.121. The zero-order valence-electron chi connectivity index (χ0n) is 14.4. The lowest BCUT2D eigenvalue weighted by atomic mass is 10.1. The van der Waals surface area contributed by atoms with E-state index in [0.717, 1.165) is 28.3 Å². The number of carbonyl (C=O) groups excluding carboxylic acids is 1. The summed E-state index contributed by atoms with van der Waals surface area (Å²) < 4.78 is 38.3. The van der Waals surface area contributed by atoms with Gasteiger partial charge in [0.15, 0.2) is 0 Å². The van der Waals surface area contributed by atoms with E-state index in [1.54, 1.807) is 12.1 Å². The Hall–Kier alpha value is -2.12. The van der Waals surface area contributed by atoms with E-state index in [-0.39, 0.29) is 5.69 Å². The van der Waals surface area contributed by atoms with Crippen molar-refractivity contribution >= 4 is 33.2 Å². The van der Waals surface area contributed by atoms with E-state index in [0.29, 0.717) is 18.0 Å². The van der Waals surface area contributed by atoms with E-state index in [1.807, 2.05) is 12.1 Å². The molecule has 1 atom stereocenters. The molecule has 0 aliphatic carbocycles. The molecule has 2 aromatic carbocycles. The van der Waals surface area contributed by atoms with Gasteiger partial charge in [-0.1, -0.05) is 23.7 Å². The monoisotopic (exact) mass is 398 g/mol. The van der Waals surface area contributed by atoms with Gasteiger partial charge in [-0.15, -0.1) is 0 Å². The van der Waals surface area contributed by atoms with Crippen LogP contribution >= 0.6 is 11.6 Å². The highest BCUT2D eigenvalue weighted by Crippen LogP contribution is 2.21.